The van der Waals surface area contributed by atoms with Crippen LogP contribution in [-0.4, -0.2) is 36.0 Å². The zero-order chi connectivity index (χ0) is 21.7. The molecule has 0 saturated carbocycles. The predicted molar refractivity (Wildman–Crippen MR) is 111 cm³/mol. The number of primary amides is 1. The Morgan fingerprint density at radius 2 is 1.90 bits per heavy atom. The lowest BCUT2D eigenvalue weighted by atomic mass is 9.88. The molecule has 30 heavy (non-hydrogen) atoms. The molecule has 0 radical (unpaired) electrons. The van der Waals surface area contributed by atoms with E-state index in [0.717, 1.165) is 24.0 Å². The van der Waals surface area contributed by atoms with E-state index in [-0.39, 0.29) is 17.5 Å². The standard InChI is InChI=1S/C23H25FN4O2/c1-15(27-23(26)30)12-17-4-7-21(24)20(13-17)22(29)28-10-8-19(9-11-28)18-5-2-16(14-25)3-6-18/h2-7,13,15,19H,8-12H2,1H3,(H3,26,27,30). The van der Waals surface area contributed by atoms with Crippen LogP contribution in [0, 0.1) is 17.1 Å². The van der Waals surface area contributed by atoms with Crippen molar-refractivity contribution in [1.82, 2.24) is 10.2 Å². The molecule has 0 aromatic heterocycles. The molecule has 1 atom stereocenters. The van der Waals surface area contributed by atoms with Gasteiger partial charge in [0.25, 0.3) is 5.91 Å². The maximum atomic E-state index is 14.4. The predicted octanol–water partition coefficient (Wildman–Crippen LogP) is 3.32. The van der Waals surface area contributed by atoms with Crippen LogP contribution in [0.2, 0.25) is 0 Å². The average molecular weight is 408 g/mol. The van der Waals surface area contributed by atoms with Crippen LogP contribution in [0.1, 0.15) is 52.7 Å². The fourth-order valence-electron chi connectivity index (χ4n) is 3.93. The van der Waals surface area contributed by atoms with Crippen molar-refractivity contribution in [2.24, 2.45) is 5.73 Å². The number of urea groups is 1. The molecule has 7 heteroatoms. The Morgan fingerprint density at radius 3 is 2.50 bits per heavy atom. The topological polar surface area (TPSA) is 99.2 Å². The van der Waals surface area contributed by atoms with Crippen molar-refractivity contribution in [2.75, 3.05) is 13.1 Å². The SMILES string of the molecule is CC(Cc1ccc(F)c(C(=O)N2CCC(c3ccc(C#N)cc3)CC2)c1)NC(N)=O. The van der Waals surface area contributed by atoms with Crippen LogP contribution in [0.15, 0.2) is 42.5 Å². The first-order valence-electron chi connectivity index (χ1n) is 10.0. The van der Waals surface area contributed by atoms with Gasteiger partial charge in [-0.1, -0.05) is 18.2 Å². The van der Waals surface area contributed by atoms with Crippen molar-refractivity contribution in [1.29, 1.82) is 5.26 Å². The molecular formula is C23H25FN4O2. The van der Waals surface area contributed by atoms with E-state index in [1.165, 1.54) is 6.07 Å². The van der Waals surface area contributed by atoms with Crippen molar-refractivity contribution in [2.45, 2.75) is 38.1 Å². The summed E-state index contributed by atoms with van der Waals surface area (Å²) in [5.41, 5.74) is 7.72. The number of carbonyl (C=O) groups excluding carboxylic acids is 2. The number of nitriles is 1. The van der Waals surface area contributed by atoms with Crippen molar-refractivity contribution >= 4 is 11.9 Å². The van der Waals surface area contributed by atoms with Crippen molar-refractivity contribution in [3.63, 3.8) is 0 Å². The van der Waals surface area contributed by atoms with Gasteiger partial charge in [0.1, 0.15) is 5.82 Å². The second-order valence-corrected chi connectivity index (χ2v) is 7.73. The third-order valence-corrected chi connectivity index (χ3v) is 5.49. The zero-order valence-electron chi connectivity index (χ0n) is 16.9. The Labute approximate surface area is 175 Å². The Balaban J connectivity index is 1.64. The summed E-state index contributed by atoms with van der Waals surface area (Å²) in [6.07, 6.45) is 2.03. The number of likely N-dealkylation sites (tertiary alicyclic amines) is 1. The van der Waals surface area contributed by atoms with Crippen molar-refractivity contribution < 1.29 is 14.0 Å². The summed E-state index contributed by atoms with van der Waals surface area (Å²) in [5, 5.41) is 11.5. The van der Waals surface area contributed by atoms with Crippen LogP contribution in [0.3, 0.4) is 0 Å². The van der Waals surface area contributed by atoms with Crippen LogP contribution in [0.5, 0.6) is 0 Å². The molecule has 2 aromatic rings. The Kier molecular flexibility index (Phi) is 6.68. The largest absolute Gasteiger partial charge is 0.352 e. The molecule has 2 aromatic carbocycles. The van der Waals surface area contributed by atoms with Crippen LogP contribution in [0.4, 0.5) is 9.18 Å². The normalized spacial score (nSPS) is 15.3. The number of carbonyl (C=O) groups is 2. The monoisotopic (exact) mass is 408 g/mol. The second-order valence-electron chi connectivity index (χ2n) is 7.73. The molecule has 1 heterocycles. The number of benzene rings is 2. The number of nitrogens with zero attached hydrogens (tertiary/aromatic N) is 2. The Morgan fingerprint density at radius 1 is 1.23 bits per heavy atom. The van der Waals surface area contributed by atoms with Gasteiger partial charge >= 0.3 is 6.03 Å². The molecule has 156 valence electrons. The first-order chi connectivity index (χ1) is 14.4. The van der Waals surface area contributed by atoms with Gasteiger partial charge in [-0.15, -0.1) is 0 Å². The summed E-state index contributed by atoms with van der Waals surface area (Å²) in [7, 11) is 0. The van der Waals surface area contributed by atoms with Crippen molar-refractivity contribution in [3.05, 3.63) is 70.5 Å². The summed E-state index contributed by atoms with van der Waals surface area (Å²) >= 11 is 0. The van der Waals surface area contributed by atoms with Gasteiger partial charge in [0.05, 0.1) is 17.2 Å². The molecular weight excluding hydrogens is 383 g/mol. The number of nitrogens with two attached hydrogens (primary N) is 1. The quantitative estimate of drug-likeness (QED) is 0.794. The van der Waals surface area contributed by atoms with Gasteiger partial charge in [0, 0.05) is 19.1 Å². The lowest BCUT2D eigenvalue weighted by Crippen LogP contribution is -2.39. The zero-order valence-corrected chi connectivity index (χ0v) is 16.9. The highest BCUT2D eigenvalue weighted by Gasteiger charge is 2.26. The van der Waals surface area contributed by atoms with E-state index < -0.39 is 11.8 Å². The molecule has 0 spiro atoms. The minimum absolute atomic E-state index is 0.0515. The van der Waals surface area contributed by atoms with Crippen LogP contribution >= 0.6 is 0 Å². The maximum Gasteiger partial charge on any atom is 0.312 e. The highest BCUT2D eigenvalue weighted by Crippen LogP contribution is 2.29. The van der Waals surface area contributed by atoms with Crippen LogP contribution in [0.25, 0.3) is 0 Å². The molecule has 3 amide bonds. The number of amides is 3. The molecule has 3 rings (SSSR count). The van der Waals surface area contributed by atoms with E-state index in [9.17, 15) is 14.0 Å². The first-order valence-corrected chi connectivity index (χ1v) is 10.0. The summed E-state index contributed by atoms with van der Waals surface area (Å²) < 4.78 is 14.4. The molecule has 1 aliphatic heterocycles. The van der Waals surface area contributed by atoms with E-state index in [2.05, 4.69) is 11.4 Å². The molecule has 6 nitrogen and oxygen atoms in total. The Hall–Kier alpha value is -3.40. The van der Waals surface area contributed by atoms with E-state index in [1.807, 2.05) is 24.3 Å². The number of hydrogen-bond donors (Lipinski definition) is 2. The molecule has 1 aliphatic rings. The summed E-state index contributed by atoms with van der Waals surface area (Å²) in [4.78, 5) is 25.6. The number of rotatable bonds is 5. The van der Waals surface area contributed by atoms with Crippen LogP contribution < -0.4 is 11.1 Å². The number of hydrogen-bond acceptors (Lipinski definition) is 3. The minimum atomic E-state index is -0.619. The number of halogens is 1. The number of nitrogens with one attached hydrogen (secondary N) is 1. The molecule has 0 aliphatic carbocycles. The molecule has 1 unspecified atom stereocenters. The molecule has 1 saturated heterocycles. The van der Waals surface area contributed by atoms with E-state index in [0.29, 0.717) is 31.0 Å². The van der Waals surface area contributed by atoms with Gasteiger partial charge in [-0.05, 0) is 67.5 Å². The smallest absolute Gasteiger partial charge is 0.312 e. The maximum absolute atomic E-state index is 14.4. The number of piperidine rings is 1. The van der Waals surface area contributed by atoms with E-state index in [1.54, 1.807) is 24.0 Å². The van der Waals surface area contributed by atoms with Crippen LogP contribution in [-0.2, 0) is 6.42 Å². The minimum Gasteiger partial charge on any atom is -0.352 e. The second kappa shape index (κ2) is 9.40. The van der Waals surface area contributed by atoms with Gasteiger partial charge in [-0.2, -0.15) is 5.26 Å². The highest BCUT2D eigenvalue weighted by molar-refractivity contribution is 5.94. The fourth-order valence-corrected chi connectivity index (χ4v) is 3.93. The Bertz CT molecular complexity index is 960. The van der Waals surface area contributed by atoms with Gasteiger partial charge in [-0.3, -0.25) is 4.79 Å². The molecule has 3 N–H and O–H groups in total. The fraction of sp³-hybridized carbons (Fsp3) is 0.348. The first kappa shape index (κ1) is 21.3. The average Bonchev–Trinajstić information content (AvgIpc) is 2.74. The van der Waals surface area contributed by atoms with Gasteiger partial charge in [-0.25, -0.2) is 9.18 Å². The van der Waals surface area contributed by atoms with E-state index >= 15 is 0 Å². The van der Waals surface area contributed by atoms with Gasteiger partial charge < -0.3 is 16.0 Å². The van der Waals surface area contributed by atoms with Gasteiger partial charge in [0.15, 0.2) is 0 Å². The summed E-state index contributed by atoms with van der Waals surface area (Å²) in [6, 6.07) is 13.3. The van der Waals surface area contributed by atoms with Crippen molar-refractivity contribution in [3.8, 4) is 6.07 Å². The third kappa shape index (κ3) is 5.15. The van der Waals surface area contributed by atoms with E-state index in [4.69, 9.17) is 11.0 Å². The lowest BCUT2D eigenvalue weighted by molar-refractivity contribution is 0.0708. The lowest BCUT2D eigenvalue weighted by Gasteiger charge is -2.32. The van der Waals surface area contributed by atoms with Gasteiger partial charge in [0.2, 0.25) is 0 Å². The summed E-state index contributed by atoms with van der Waals surface area (Å²) in [5.74, 6) is -0.546. The summed E-state index contributed by atoms with van der Waals surface area (Å²) in [6.45, 7) is 2.89. The molecule has 0 bridgehead atoms. The third-order valence-electron chi connectivity index (χ3n) is 5.49. The highest BCUT2D eigenvalue weighted by atomic mass is 19.1. The molecule has 1 fully saturated rings.